The lowest BCUT2D eigenvalue weighted by molar-refractivity contribution is 0.400. The predicted octanol–water partition coefficient (Wildman–Crippen LogP) is -0.439. The summed E-state index contributed by atoms with van der Waals surface area (Å²) in [4.78, 5) is 2.17. The van der Waals surface area contributed by atoms with Crippen molar-refractivity contribution in [3.63, 3.8) is 0 Å². The highest BCUT2D eigenvalue weighted by molar-refractivity contribution is 4.53. The second-order valence-electron chi connectivity index (χ2n) is 2.80. The molecular formula is C8H20N3. The third kappa shape index (κ3) is 9.88. The van der Waals surface area contributed by atoms with E-state index in [2.05, 4.69) is 36.6 Å². The van der Waals surface area contributed by atoms with E-state index >= 15 is 0 Å². The molecule has 0 amide bonds. The van der Waals surface area contributed by atoms with Crippen LogP contribution < -0.4 is 10.6 Å². The lowest BCUT2D eigenvalue weighted by Crippen LogP contribution is -2.32. The summed E-state index contributed by atoms with van der Waals surface area (Å²) in [6.07, 6.45) is 0. The van der Waals surface area contributed by atoms with Gasteiger partial charge in [0.25, 0.3) is 0 Å². The van der Waals surface area contributed by atoms with E-state index in [-0.39, 0.29) is 0 Å². The first-order valence-corrected chi connectivity index (χ1v) is 4.12. The molecule has 3 nitrogen and oxygen atoms in total. The molecule has 0 spiro atoms. The molecule has 0 saturated heterocycles. The van der Waals surface area contributed by atoms with Crippen LogP contribution in [0.15, 0.2) is 0 Å². The molecule has 0 aliphatic carbocycles. The minimum absolute atomic E-state index is 0.815. The second kappa shape index (κ2) is 7.98. The Hall–Kier alpha value is -0.120. The molecule has 0 atom stereocenters. The zero-order valence-electron chi connectivity index (χ0n) is 7.69. The summed E-state index contributed by atoms with van der Waals surface area (Å²) in [5.41, 5.74) is 0. The van der Waals surface area contributed by atoms with Gasteiger partial charge in [-0.25, -0.2) is 0 Å². The van der Waals surface area contributed by atoms with Crippen LogP contribution in [0.5, 0.6) is 0 Å². The van der Waals surface area contributed by atoms with E-state index in [9.17, 15) is 0 Å². The molecule has 0 aromatic carbocycles. The standard InChI is InChI=1S/C8H20N3/c1-4-9-5-6-10-7-8-11(2)3/h9-10H,1,4-8H2,2-3H3. The van der Waals surface area contributed by atoms with Gasteiger partial charge in [-0.15, -0.1) is 0 Å². The molecule has 0 aliphatic heterocycles. The van der Waals surface area contributed by atoms with Gasteiger partial charge in [0.2, 0.25) is 0 Å². The fourth-order valence-corrected chi connectivity index (χ4v) is 0.729. The van der Waals surface area contributed by atoms with Crippen LogP contribution in [0.1, 0.15) is 0 Å². The molecule has 0 unspecified atom stereocenters. The Morgan fingerprint density at radius 3 is 2.27 bits per heavy atom. The van der Waals surface area contributed by atoms with Gasteiger partial charge in [-0.1, -0.05) is 0 Å². The third-order valence-corrected chi connectivity index (χ3v) is 1.39. The van der Waals surface area contributed by atoms with Gasteiger partial charge in [0.15, 0.2) is 0 Å². The lowest BCUT2D eigenvalue weighted by Gasteiger charge is -2.09. The summed E-state index contributed by atoms with van der Waals surface area (Å²) >= 11 is 0. The molecule has 3 heteroatoms. The van der Waals surface area contributed by atoms with Gasteiger partial charge < -0.3 is 15.5 Å². The number of nitrogens with zero attached hydrogens (tertiary/aromatic N) is 1. The molecule has 0 heterocycles. The average molecular weight is 158 g/mol. The van der Waals surface area contributed by atoms with E-state index in [4.69, 9.17) is 0 Å². The molecule has 2 N–H and O–H groups in total. The van der Waals surface area contributed by atoms with Crippen molar-refractivity contribution in [1.29, 1.82) is 0 Å². The normalized spacial score (nSPS) is 10.9. The summed E-state index contributed by atoms with van der Waals surface area (Å²) in [7, 11) is 4.16. The van der Waals surface area contributed by atoms with E-state index in [1.165, 1.54) is 0 Å². The molecule has 0 saturated carbocycles. The van der Waals surface area contributed by atoms with Crippen LogP contribution in [0.3, 0.4) is 0 Å². The Balaban J connectivity index is 2.80. The van der Waals surface area contributed by atoms with Crippen molar-refractivity contribution in [3.05, 3.63) is 6.92 Å². The summed E-state index contributed by atoms with van der Waals surface area (Å²) in [6, 6.07) is 0. The smallest absolute Gasteiger partial charge is 0.0101 e. The van der Waals surface area contributed by atoms with Crippen molar-refractivity contribution in [2.75, 3.05) is 46.8 Å². The first kappa shape index (κ1) is 10.9. The van der Waals surface area contributed by atoms with Crippen molar-refractivity contribution >= 4 is 0 Å². The highest BCUT2D eigenvalue weighted by atomic mass is 15.1. The van der Waals surface area contributed by atoms with E-state index in [1.807, 2.05) is 0 Å². The maximum Gasteiger partial charge on any atom is 0.0101 e. The van der Waals surface area contributed by atoms with Crippen LogP contribution in [-0.4, -0.2) is 51.7 Å². The van der Waals surface area contributed by atoms with E-state index < -0.39 is 0 Å². The average Bonchev–Trinajstić information content (AvgIpc) is 1.96. The summed E-state index contributed by atoms with van der Waals surface area (Å²) in [5.74, 6) is 0. The Kier molecular flexibility index (Phi) is 7.89. The van der Waals surface area contributed by atoms with Crippen LogP contribution in [0.2, 0.25) is 0 Å². The van der Waals surface area contributed by atoms with Gasteiger partial charge in [0.05, 0.1) is 0 Å². The number of likely N-dealkylation sites (N-methyl/N-ethyl adjacent to an activating group) is 1. The highest BCUT2D eigenvalue weighted by Gasteiger charge is 1.88. The Bertz CT molecular complexity index is 73.7. The quantitative estimate of drug-likeness (QED) is 0.492. The SMILES string of the molecule is [CH2]CNCCNCCN(C)C. The minimum Gasteiger partial charge on any atom is -0.315 e. The summed E-state index contributed by atoms with van der Waals surface area (Å²) < 4.78 is 0. The molecular weight excluding hydrogens is 138 g/mol. The van der Waals surface area contributed by atoms with Crippen LogP contribution in [0, 0.1) is 6.92 Å². The number of hydrogen-bond donors (Lipinski definition) is 2. The Labute approximate surface area is 70.2 Å². The topological polar surface area (TPSA) is 27.3 Å². The van der Waals surface area contributed by atoms with Gasteiger partial charge in [-0.2, -0.15) is 0 Å². The van der Waals surface area contributed by atoms with Gasteiger partial charge in [-0.05, 0) is 27.6 Å². The number of rotatable bonds is 7. The second-order valence-corrected chi connectivity index (χ2v) is 2.80. The molecule has 0 fully saturated rings. The summed E-state index contributed by atoms with van der Waals surface area (Å²) in [6.45, 7) is 8.70. The van der Waals surface area contributed by atoms with E-state index in [1.54, 1.807) is 0 Å². The van der Waals surface area contributed by atoms with Crippen molar-refractivity contribution in [3.8, 4) is 0 Å². The van der Waals surface area contributed by atoms with Crippen LogP contribution >= 0.6 is 0 Å². The number of nitrogens with one attached hydrogen (secondary N) is 2. The van der Waals surface area contributed by atoms with Crippen molar-refractivity contribution in [2.24, 2.45) is 0 Å². The minimum atomic E-state index is 0.815. The third-order valence-electron chi connectivity index (χ3n) is 1.39. The Morgan fingerprint density at radius 2 is 1.73 bits per heavy atom. The van der Waals surface area contributed by atoms with Crippen molar-refractivity contribution in [1.82, 2.24) is 15.5 Å². The van der Waals surface area contributed by atoms with Crippen LogP contribution in [-0.2, 0) is 0 Å². The fraction of sp³-hybridized carbons (Fsp3) is 0.875. The van der Waals surface area contributed by atoms with Crippen molar-refractivity contribution < 1.29 is 0 Å². The zero-order valence-corrected chi connectivity index (χ0v) is 7.69. The van der Waals surface area contributed by atoms with E-state index in [0.29, 0.717) is 0 Å². The Morgan fingerprint density at radius 1 is 1.09 bits per heavy atom. The van der Waals surface area contributed by atoms with Crippen molar-refractivity contribution in [2.45, 2.75) is 0 Å². The summed E-state index contributed by atoms with van der Waals surface area (Å²) in [5, 5.41) is 6.47. The molecule has 1 radical (unpaired) electrons. The monoisotopic (exact) mass is 158 g/mol. The highest BCUT2D eigenvalue weighted by Crippen LogP contribution is 1.69. The van der Waals surface area contributed by atoms with Gasteiger partial charge in [0, 0.05) is 26.2 Å². The van der Waals surface area contributed by atoms with Gasteiger partial charge in [-0.3, -0.25) is 0 Å². The molecule has 11 heavy (non-hydrogen) atoms. The first-order chi connectivity index (χ1) is 5.27. The first-order valence-electron chi connectivity index (χ1n) is 4.12. The van der Waals surface area contributed by atoms with Crippen LogP contribution in [0.4, 0.5) is 0 Å². The fourth-order valence-electron chi connectivity index (χ4n) is 0.729. The molecule has 67 valence electrons. The van der Waals surface area contributed by atoms with Gasteiger partial charge >= 0.3 is 0 Å². The molecule has 0 aromatic rings. The lowest BCUT2D eigenvalue weighted by atomic mass is 10.5. The molecule has 0 rings (SSSR count). The predicted molar refractivity (Wildman–Crippen MR) is 49.7 cm³/mol. The maximum atomic E-state index is 3.68. The maximum absolute atomic E-state index is 3.68. The largest absolute Gasteiger partial charge is 0.315 e. The molecule has 0 aliphatic rings. The zero-order chi connectivity index (χ0) is 8.53. The number of hydrogen-bond acceptors (Lipinski definition) is 3. The van der Waals surface area contributed by atoms with Crippen LogP contribution in [0.25, 0.3) is 0 Å². The molecule has 0 aromatic heterocycles. The molecule has 0 bridgehead atoms. The van der Waals surface area contributed by atoms with E-state index in [0.717, 1.165) is 32.7 Å². The van der Waals surface area contributed by atoms with Gasteiger partial charge in [0.1, 0.15) is 0 Å².